The summed E-state index contributed by atoms with van der Waals surface area (Å²) in [5.41, 5.74) is 2.11. The number of nitrogens with one attached hydrogen (secondary N) is 2. The summed E-state index contributed by atoms with van der Waals surface area (Å²) in [7, 11) is -1.23. The summed E-state index contributed by atoms with van der Waals surface area (Å²) in [6.45, 7) is 9.78. The lowest BCUT2D eigenvalue weighted by Crippen LogP contribution is -2.29. The Labute approximate surface area is 196 Å². The van der Waals surface area contributed by atoms with Gasteiger partial charge in [0.05, 0.1) is 17.4 Å². The maximum Gasteiger partial charge on any atom is 0.405 e. The smallest absolute Gasteiger partial charge is 0.405 e. The highest BCUT2D eigenvalue weighted by Gasteiger charge is 2.23. The lowest BCUT2D eigenvalue weighted by molar-refractivity contribution is -0.116. The predicted octanol–water partition coefficient (Wildman–Crippen LogP) is 5.10. The van der Waals surface area contributed by atoms with E-state index < -0.39 is 20.2 Å². The monoisotopic (exact) mass is 470 g/mol. The van der Waals surface area contributed by atoms with Crippen LogP contribution in [-0.4, -0.2) is 41.3 Å². The van der Waals surface area contributed by atoms with Crippen molar-refractivity contribution in [3.8, 4) is 11.3 Å². The van der Waals surface area contributed by atoms with Crippen molar-refractivity contribution in [1.82, 2.24) is 14.9 Å². The van der Waals surface area contributed by atoms with Crippen molar-refractivity contribution in [3.05, 3.63) is 48.4 Å². The molecule has 8 nitrogen and oxygen atoms in total. The van der Waals surface area contributed by atoms with E-state index in [9.17, 15) is 14.7 Å². The number of ether oxygens (including phenoxy) is 1. The molecule has 1 aromatic heterocycles. The van der Waals surface area contributed by atoms with Gasteiger partial charge in [0.25, 0.3) is 0 Å². The molecule has 0 saturated heterocycles. The Balaban J connectivity index is 2.01. The van der Waals surface area contributed by atoms with Crippen LogP contribution in [0.5, 0.6) is 0 Å². The number of allylic oxidation sites excluding steroid dienone is 1. The lowest BCUT2D eigenvalue weighted by Gasteiger charge is -2.19. The van der Waals surface area contributed by atoms with Crippen LogP contribution < -0.4 is 10.6 Å². The van der Waals surface area contributed by atoms with E-state index in [-0.39, 0.29) is 18.6 Å². The Morgan fingerprint density at radius 2 is 2.09 bits per heavy atom. The van der Waals surface area contributed by atoms with Crippen molar-refractivity contribution in [3.63, 3.8) is 0 Å². The second-order valence-corrected chi connectivity index (χ2v) is 15.4. The number of rotatable bonds is 6. The number of benzene rings is 1. The molecule has 2 atom stereocenters. The van der Waals surface area contributed by atoms with Gasteiger partial charge in [0, 0.05) is 32.9 Å². The molecule has 1 aromatic carbocycles. The molecule has 0 radical (unpaired) electrons. The number of hydrogen-bond donors (Lipinski definition) is 3. The van der Waals surface area contributed by atoms with E-state index in [0.717, 1.165) is 11.6 Å². The van der Waals surface area contributed by atoms with E-state index in [1.54, 1.807) is 0 Å². The molecule has 3 rings (SSSR count). The molecule has 3 N–H and O–H groups in total. The van der Waals surface area contributed by atoms with Crippen molar-refractivity contribution >= 4 is 25.8 Å². The van der Waals surface area contributed by atoms with Gasteiger partial charge >= 0.3 is 6.09 Å². The number of hydrogen-bond acceptors (Lipinski definition) is 4. The first-order chi connectivity index (χ1) is 15.6. The molecule has 2 bridgehead atoms. The molecule has 0 aliphatic carbocycles. The highest BCUT2D eigenvalue weighted by atomic mass is 28.3. The number of carbonyl (C=O) groups is 2. The molecule has 0 spiro atoms. The minimum Gasteiger partial charge on any atom is -0.465 e. The van der Waals surface area contributed by atoms with Crippen molar-refractivity contribution in [2.24, 2.45) is 5.92 Å². The molecular formula is C24H34N4O4Si. The van der Waals surface area contributed by atoms with E-state index in [1.807, 2.05) is 54.1 Å². The topological polar surface area (TPSA) is 105 Å². The molecule has 1 unspecified atom stereocenters. The number of anilines is 1. The SMILES string of the molecule is C[C@@H]1/C=C/CC(NC(=O)O)c2nc(cn2COCC[Si](C)(C)C)-c2ccccc2NC(=O)C1. The second-order valence-electron chi connectivity index (χ2n) is 9.74. The lowest BCUT2D eigenvalue weighted by atomic mass is 10.0. The van der Waals surface area contributed by atoms with Crippen LogP contribution in [0.2, 0.25) is 25.7 Å². The zero-order valence-corrected chi connectivity index (χ0v) is 20.8. The highest BCUT2D eigenvalue weighted by Crippen LogP contribution is 2.30. The van der Waals surface area contributed by atoms with Gasteiger partial charge in [-0.1, -0.05) is 56.9 Å². The third-order valence-electron chi connectivity index (χ3n) is 5.46. The van der Waals surface area contributed by atoms with Crippen molar-refractivity contribution in [1.29, 1.82) is 0 Å². The quantitative estimate of drug-likeness (QED) is 0.310. The molecule has 1 aliphatic heterocycles. The molecule has 178 valence electrons. The fourth-order valence-electron chi connectivity index (χ4n) is 3.68. The van der Waals surface area contributed by atoms with E-state index >= 15 is 0 Å². The van der Waals surface area contributed by atoms with Crippen LogP contribution in [0, 0.1) is 5.92 Å². The molecule has 0 saturated carbocycles. The number of nitrogens with zero attached hydrogens (tertiary/aromatic N) is 2. The first-order valence-electron chi connectivity index (χ1n) is 11.3. The summed E-state index contributed by atoms with van der Waals surface area (Å²) in [5.74, 6) is 0.522. The Bertz CT molecular complexity index is 1010. The zero-order valence-electron chi connectivity index (χ0n) is 19.8. The molecule has 9 heteroatoms. The molecule has 2 aromatic rings. The first kappa shape index (κ1) is 24.7. The maximum atomic E-state index is 12.6. The number of aromatic nitrogens is 2. The van der Waals surface area contributed by atoms with Gasteiger partial charge < -0.3 is 25.0 Å². The van der Waals surface area contributed by atoms with E-state index in [4.69, 9.17) is 9.72 Å². The van der Waals surface area contributed by atoms with E-state index in [1.165, 1.54) is 0 Å². The Morgan fingerprint density at radius 1 is 1.33 bits per heavy atom. The maximum absolute atomic E-state index is 12.6. The van der Waals surface area contributed by atoms with Gasteiger partial charge in [0.2, 0.25) is 5.91 Å². The van der Waals surface area contributed by atoms with Crippen LogP contribution in [0.1, 0.15) is 31.6 Å². The minimum atomic E-state index is -1.23. The van der Waals surface area contributed by atoms with E-state index in [2.05, 4.69) is 30.3 Å². The number of para-hydroxylation sites is 1. The standard InChI is InChI=1S/C24H34N4O4Si/c1-17-8-7-11-20(27-24(30)31)23-26-21(15-28(23)16-32-12-13-33(2,3)4)18-9-5-6-10-19(18)25-22(29)14-17/h5-10,15,17,20,27H,11-14,16H2,1-4H3,(H,25,29)(H,30,31)/b8-7+/t17-,20?/m1/s1. The summed E-state index contributed by atoms with van der Waals surface area (Å²) in [6, 6.07) is 8.01. The van der Waals surface area contributed by atoms with Crippen molar-refractivity contribution in [2.45, 2.75) is 58.2 Å². The number of amides is 2. The average Bonchev–Trinajstić information content (AvgIpc) is 3.13. The van der Waals surface area contributed by atoms with Gasteiger partial charge in [0.15, 0.2) is 0 Å². The van der Waals surface area contributed by atoms with Gasteiger partial charge in [-0.15, -0.1) is 0 Å². The van der Waals surface area contributed by atoms with Gasteiger partial charge in [-0.25, -0.2) is 9.78 Å². The van der Waals surface area contributed by atoms with Gasteiger partial charge in [-0.05, 0) is 24.4 Å². The summed E-state index contributed by atoms with van der Waals surface area (Å²) >= 11 is 0. The van der Waals surface area contributed by atoms with Crippen LogP contribution in [-0.2, 0) is 16.3 Å². The van der Waals surface area contributed by atoms with Crippen LogP contribution >= 0.6 is 0 Å². The largest absolute Gasteiger partial charge is 0.465 e. The van der Waals surface area contributed by atoms with Gasteiger partial charge in [-0.2, -0.15) is 0 Å². The average molecular weight is 471 g/mol. The number of carboxylic acid groups (broad SMARTS) is 1. The summed E-state index contributed by atoms with van der Waals surface area (Å²) in [6.07, 6.45) is 5.37. The summed E-state index contributed by atoms with van der Waals surface area (Å²) in [5, 5.41) is 15.1. The second kappa shape index (κ2) is 10.8. The molecule has 2 amide bonds. The molecular weight excluding hydrogens is 436 g/mol. The molecule has 33 heavy (non-hydrogen) atoms. The fraction of sp³-hybridized carbons (Fsp3) is 0.458. The Morgan fingerprint density at radius 3 is 2.82 bits per heavy atom. The minimum absolute atomic E-state index is 0.0164. The van der Waals surface area contributed by atoms with Crippen molar-refractivity contribution < 1.29 is 19.4 Å². The summed E-state index contributed by atoms with van der Waals surface area (Å²) in [4.78, 5) is 28.9. The number of fused-ring (bicyclic) bond motifs is 4. The number of carbonyl (C=O) groups excluding carboxylic acids is 1. The Kier molecular flexibility index (Phi) is 8.09. The van der Waals surface area contributed by atoms with Gasteiger partial charge in [0.1, 0.15) is 12.6 Å². The van der Waals surface area contributed by atoms with Crippen LogP contribution in [0.25, 0.3) is 11.3 Å². The Hall–Kier alpha value is -2.91. The molecule has 1 aliphatic rings. The summed E-state index contributed by atoms with van der Waals surface area (Å²) < 4.78 is 7.83. The zero-order chi connectivity index (χ0) is 24.0. The van der Waals surface area contributed by atoms with Crippen molar-refractivity contribution in [2.75, 3.05) is 11.9 Å². The molecule has 0 fully saturated rings. The highest BCUT2D eigenvalue weighted by molar-refractivity contribution is 6.76. The predicted molar refractivity (Wildman–Crippen MR) is 132 cm³/mol. The van der Waals surface area contributed by atoms with Crippen LogP contribution in [0.3, 0.4) is 0 Å². The normalized spacial score (nSPS) is 19.9. The van der Waals surface area contributed by atoms with Gasteiger partial charge in [-0.3, -0.25) is 4.79 Å². The fourth-order valence-corrected chi connectivity index (χ4v) is 4.44. The third-order valence-corrected chi connectivity index (χ3v) is 7.17. The van der Waals surface area contributed by atoms with Crippen LogP contribution in [0.15, 0.2) is 42.6 Å². The third kappa shape index (κ3) is 7.30. The first-order valence-corrected chi connectivity index (χ1v) is 15.0. The van der Waals surface area contributed by atoms with E-state index in [0.29, 0.717) is 36.7 Å². The number of imidazole rings is 1. The molecule has 2 heterocycles. The van der Waals surface area contributed by atoms with Crippen LogP contribution in [0.4, 0.5) is 10.5 Å².